The Bertz CT molecular complexity index is 828. The van der Waals surface area contributed by atoms with E-state index in [1.165, 1.54) is 12.1 Å². The van der Waals surface area contributed by atoms with Gasteiger partial charge in [0.05, 0.1) is 6.04 Å². The zero-order valence-electron chi connectivity index (χ0n) is 14.1. The van der Waals surface area contributed by atoms with Crippen LogP contribution in [0.2, 0.25) is 0 Å². The molecule has 126 valence electrons. The lowest BCUT2D eigenvalue weighted by Gasteiger charge is -2.08. The van der Waals surface area contributed by atoms with Crippen molar-refractivity contribution in [2.75, 3.05) is 0 Å². The van der Waals surface area contributed by atoms with Crippen molar-refractivity contribution in [1.29, 1.82) is 0 Å². The normalized spacial score (nSPS) is 12.2. The third-order valence-electron chi connectivity index (χ3n) is 3.91. The van der Waals surface area contributed by atoms with E-state index in [0.717, 1.165) is 22.4 Å². The Morgan fingerprint density at radius 3 is 2.48 bits per heavy atom. The quantitative estimate of drug-likeness (QED) is 0.539. The highest BCUT2D eigenvalue weighted by atomic mass is 19.1. The average Bonchev–Trinajstić information content (AvgIpc) is 2.66. The highest BCUT2D eigenvalue weighted by Gasteiger charge is 2.03. The summed E-state index contributed by atoms with van der Waals surface area (Å²) in [6.07, 6.45) is 1.82. The van der Waals surface area contributed by atoms with Gasteiger partial charge in [0.25, 0.3) is 0 Å². The topological polar surface area (TPSA) is 21.6 Å². The van der Waals surface area contributed by atoms with Gasteiger partial charge in [0.2, 0.25) is 0 Å². The number of ether oxygens (including phenoxy) is 1. The van der Waals surface area contributed by atoms with E-state index in [4.69, 9.17) is 4.74 Å². The molecule has 3 aromatic carbocycles. The van der Waals surface area contributed by atoms with E-state index in [1.54, 1.807) is 12.1 Å². The number of halogens is 1. The number of benzene rings is 3. The summed E-state index contributed by atoms with van der Waals surface area (Å²) in [5.41, 5.74) is 3.08. The fraction of sp³-hybridized carbons (Fsp3) is 0.136. The predicted molar refractivity (Wildman–Crippen MR) is 99.6 cm³/mol. The Balaban J connectivity index is 1.63. The molecule has 0 amide bonds. The van der Waals surface area contributed by atoms with Crippen molar-refractivity contribution in [3.05, 3.63) is 101 Å². The molecule has 3 aromatic rings. The molecule has 0 bridgehead atoms. The van der Waals surface area contributed by atoms with Gasteiger partial charge in [0.15, 0.2) is 0 Å². The predicted octanol–water partition coefficient (Wildman–Crippen LogP) is 5.58. The molecule has 0 aliphatic heterocycles. The van der Waals surface area contributed by atoms with Crippen LogP contribution in [0.4, 0.5) is 4.39 Å². The average molecular weight is 333 g/mol. The monoisotopic (exact) mass is 333 g/mol. The van der Waals surface area contributed by atoms with E-state index in [-0.39, 0.29) is 11.9 Å². The second kappa shape index (κ2) is 8.25. The van der Waals surface area contributed by atoms with Gasteiger partial charge in [-0.1, -0.05) is 54.6 Å². The van der Waals surface area contributed by atoms with Gasteiger partial charge >= 0.3 is 0 Å². The number of hydrogen-bond donors (Lipinski definition) is 0. The Morgan fingerprint density at radius 2 is 1.72 bits per heavy atom. The second-order valence-corrected chi connectivity index (χ2v) is 5.85. The lowest BCUT2D eigenvalue weighted by molar-refractivity contribution is 0.306. The highest BCUT2D eigenvalue weighted by Crippen LogP contribution is 2.18. The number of hydrogen-bond acceptors (Lipinski definition) is 2. The molecule has 0 heterocycles. The van der Waals surface area contributed by atoms with E-state index in [1.807, 2.05) is 67.7 Å². The maximum absolute atomic E-state index is 13.0. The van der Waals surface area contributed by atoms with Crippen molar-refractivity contribution in [3.63, 3.8) is 0 Å². The van der Waals surface area contributed by atoms with E-state index in [9.17, 15) is 4.39 Å². The molecule has 3 heteroatoms. The molecule has 0 radical (unpaired) electrons. The van der Waals surface area contributed by atoms with Gasteiger partial charge in [-0.15, -0.1) is 0 Å². The summed E-state index contributed by atoms with van der Waals surface area (Å²) in [4.78, 5) is 4.55. The van der Waals surface area contributed by atoms with Crippen LogP contribution in [0, 0.1) is 5.82 Å². The first-order valence-corrected chi connectivity index (χ1v) is 8.26. The van der Waals surface area contributed by atoms with Gasteiger partial charge in [-0.25, -0.2) is 4.39 Å². The van der Waals surface area contributed by atoms with Crippen LogP contribution >= 0.6 is 0 Å². The summed E-state index contributed by atoms with van der Waals surface area (Å²) in [5.74, 6) is 0.574. The molecule has 0 spiro atoms. The summed E-state index contributed by atoms with van der Waals surface area (Å²) < 4.78 is 18.8. The maximum atomic E-state index is 13.0. The summed E-state index contributed by atoms with van der Waals surface area (Å²) in [6, 6.07) is 24.3. The van der Waals surface area contributed by atoms with Crippen LogP contribution in [0.1, 0.15) is 29.7 Å². The molecular weight excluding hydrogens is 313 g/mol. The van der Waals surface area contributed by atoms with Crippen molar-refractivity contribution >= 4 is 6.21 Å². The van der Waals surface area contributed by atoms with E-state index in [0.29, 0.717) is 6.61 Å². The SMILES string of the molecule is CC(/N=C/c1cccc(OCc2ccccc2)c1)c1ccc(F)cc1. The van der Waals surface area contributed by atoms with Gasteiger partial charge in [-0.05, 0) is 47.9 Å². The van der Waals surface area contributed by atoms with Gasteiger partial charge < -0.3 is 4.74 Å². The Labute approximate surface area is 147 Å². The first-order chi connectivity index (χ1) is 12.2. The molecule has 0 saturated heterocycles. The van der Waals surface area contributed by atoms with Crippen molar-refractivity contribution in [1.82, 2.24) is 0 Å². The fourth-order valence-electron chi connectivity index (χ4n) is 2.45. The summed E-state index contributed by atoms with van der Waals surface area (Å²) in [5, 5.41) is 0. The number of nitrogens with zero attached hydrogens (tertiary/aromatic N) is 1. The molecule has 0 saturated carbocycles. The zero-order valence-corrected chi connectivity index (χ0v) is 14.1. The van der Waals surface area contributed by atoms with Gasteiger partial charge in [0.1, 0.15) is 18.2 Å². The summed E-state index contributed by atoms with van der Waals surface area (Å²) in [6.45, 7) is 2.52. The van der Waals surface area contributed by atoms with E-state index >= 15 is 0 Å². The molecule has 1 atom stereocenters. The third kappa shape index (κ3) is 5.01. The molecule has 2 nitrogen and oxygen atoms in total. The minimum atomic E-state index is -0.233. The molecule has 0 aliphatic rings. The van der Waals surface area contributed by atoms with Crippen LogP contribution in [0.5, 0.6) is 5.75 Å². The van der Waals surface area contributed by atoms with Crippen molar-refractivity contribution < 1.29 is 9.13 Å². The molecule has 0 fully saturated rings. The van der Waals surface area contributed by atoms with Crippen molar-refractivity contribution in [2.45, 2.75) is 19.6 Å². The second-order valence-electron chi connectivity index (χ2n) is 5.85. The smallest absolute Gasteiger partial charge is 0.123 e. The van der Waals surface area contributed by atoms with E-state index in [2.05, 4.69) is 4.99 Å². The molecule has 25 heavy (non-hydrogen) atoms. The Hall–Kier alpha value is -2.94. The number of aliphatic imine (C=N–C) groups is 1. The molecule has 3 rings (SSSR count). The molecule has 1 unspecified atom stereocenters. The van der Waals surface area contributed by atoms with Crippen LogP contribution in [0.3, 0.4) is 0 Å². The summed E-state index contributed by atoms with van der Waals surface area (Å²) in [7, 11) is 0. The largest absolute Gasteiger partial charge is 0.489 e. The van der Waals surface area contributed by atoms with Crippen LogP contribution in [-0.4, -0.2) is 6.21 Å². The van der Waals surface area contributed by atoms with Crippen LogP contribution in [-0.2, 0) is 6.61 Å². The van der Waals surface area contributed by atoms with Crippen molar-refractivity contribution in [3.8, 4) is 5.75 Å². The minimum Gasteiger partial charge on any atom is -0.489 e. The zero-order chi connectivity index (χ0) is 17.5. The van der Waals surface area contributed by atoms with Crippen LogP contribution in [0.15, 0.2) is 83.9 Å². The van der Waals surface area contributed by atoms with Crippen LogP contribution in [0.25, 0.3) is 0 Å². The van der Waals surface area contributed by atoms with Gasteiger partial charge in [-0.2, -0.15) is 0 Å². The maximum Gasteiger partial charge on any atom is 0.123 e. The lowest BCUT2D eigenvalue weighted by Crippen LogP contribution is -1.96. The summed E-state index contributed by atoms with van der Waals surface area (Å²) >= 11 is 0. The Kier molecular flexibility index (Phi) is 5.57. The third-order valence-corrected chi connectivity index (χ3v) is 3.91. The first kappa shape index (κ1) is 16.9. The standard InChI is InChI=1S/C22H20FNO/c1-17(20-10-12-21(23)13-11-20)24-15-19-8-5-9-22(14-19)25-16-18-6-3-2-4-7-18/h2-15,17H,16H2,1H3/b24-15+. The highest BCUT2D eigenvalue weighted by molar-refractivity contribution is 5.80. The van der Waals surface area contributed by atoms with E-state index < -0.39 is 0 Å². The lowest BCUT2D eigenvalue weighted by atomic mass is 10.1. The minimum absolute atomic E-state index is 0.0329. The first-order valence-electron chi connectivity index (χ1n) is 8.26. The fourth-order valence-corrected chi connectivity index (χ4v) is 2.45. The van der Waals surface area contributed by atoms with Gasteiger partial charge in [0, 0.05) is 6.21 Å². The number of rotatable bonds is 6. The Morgan fingerprint density at radius 1 is 0.960 bits per heavy atom. The molecule has 0 aromatic heterocycles. The van der Waals surface area contributed by atoms with Crippen LogP contribution < -0.4 is 4.74 Å². The molecular formula is C22H20FNO. The molecule has 0 aliphatic carbocycles. The molecule has 0 N–H and O–H groups in total. The van der Waals surface area contributed by atoms with Crippen molar-refractivity contribution in [2.24, 2.45) is 4.99 Å². The van der Waals surface area contributed by atoms with Gasteiger partial charge in [-0.3, -0.25) is 4.99 Å².